The van der Waals surface area contributed by atoms with Gasteiger partial charge in [-0.1, -0.05) is 0 Å². The van der Waals surface area contributed by atoms with Gasteiger partial charge in [0.05, 0.1) is 6.61 Å². The summed E-state index contributed by atoms with van der Waals surface area (Å²) in [6.45, 7) is 5.30. The molecule has 0 spiro atoms. The van der Waals surface area contributed by atoms with Crippen molar-refractivity contribution in [2.75, 3.05) is 53.6 Å². The number of hydrogen-bond acceptors (Lipinski definition) is 4. The van der Waals surface area contributed by atoms with Crippen LogP contribution in [0.3, 0.4) is 0 Å². The van der Waals surface area contributed by atoms with Crippen molar-refractivity contribution in [3.8, 4) is 0 Å². The Morgan fingerprint density at radius 3 is 2.67 bits per heavy atom. The summed E-state index contributed by atoms with van der Waals surface area (Å²) in [6.07, 6.45) is 4.60. The van der Waals surface area contributed by atoms with E-state index in [9.17, 15) is 5.11 Å². The van der Waals surface area contributed by atoms with Crippen LogP contribution in [0.25, 0.3) is 0 Å². The molecule has 1 unspecified atom stereocenters. The average Bonchev–Trinajstić information content (AvgIpc) is 2.40. The summed E-state index contributed by atoms with van der Waals surface area (Å²) in [5, 5.41) is 9.75. The van der Waals surface area contributed by atoms with Crippen molar-refractivity contribution < 1.29 is 9.84 Å². The van der Waals surface area contributed by atoms with Crippen LogP contribution in [-0.4, -0.2) is 74.5 Å². The third kappa shape index (κ3) is 3.44. The fourth-order valence-electron chi connectivity index (χ4n) is 3.24. The van der Waals surface area contributed by atoms with E-state index in [1.165, 1.54) is 19.4 Å². The van der Waals surface area contributed by atoms with Gasteiger partial charge in [-0.05, 0) is 46.3 Å². The first-order valence-corrected chi connectivity index (χ1v) is 7.23. The Kier molecular flexibility index (Phi) is 5.01. The Hall–Kier alpha value is -0.160. The van der Waals surface area contributed by atoms with E-state index in [-0.39, 0.29) is 5.41 Å². The molecular formula is C14H28N2O2. The second-order valence-corrected chi connectivity index (χ2v) is 6.27. The molecule has 0 saturated carbocycles. The molecule has 4 nitrogen and oxygen atoms in total. The van der Waals surface area contributed by atoms with Gasteiger partial charge in [0.25, 0.3) is 0 Å². The summed E-state index contributed by atoms with van der Waals surface area (Å²) < 4.78 is 5.44. The Labute approximate surface area is 111 Å². The number of ether oxygens (including phenoxy) is 1. The molecule has 4 heteroatoms. The van der Waals surface area contributed by atoms with Crippen molar-refractivity contribution in [2.24, 2.45) is 5.41 Å². The SMILES string of the molecule is CN(C)C1CCCN(CC2(CO)CCOCC2)C1. The molecule has 2 fully saturated rings. The van der Waals surface area contributed by atoms with Crippen LogP contribution in [0.5, 0.6) is 0 Å². The van der Waals surface area contributed by atoms with Crippen LogP contribution in [0, 0.1) is 5.41 Å². The van der Waals surface area contributed by atoms with E-state index in [4.69, 9.17) is 4.74 Å². The van der Waals surface area contributed by atoms with E-state index in [1.54, 1.807) is 0 Å². The van der Waals surface area contributed by atoms with Gasteiger partial charge in [-0.2, -0.15) is 0 Å². The molecule has 2 aliphatic rings. The molecule has 0 aromatic carbocycles. The highest BCUT2D eigenvalue weighted by Gasteiger charge is 2.35. The molecule has 0 amide bonds. The first-order valence-electron chi connectivity index (χ1n) is 7.23. The van der Waals surface area contributed by atoms with Crippen molar-refractivity contribution >= 4 is 0 Å². The Bertz CT molecular complexity index is 252. The number of rotatable bonds is 4. The minimum absolute atomic E-state index is 0.0897. The van der Waals surface area contributed by atoms with Gasteiger partial charge in [-0.3, -0.25) is 0 Å². The molecule has 106 valence electrons. The minimum Gasteiger partial charge on any atom is -0.396 e. The summed E-state index contributed by atoms with van der Waals surface area (Å²) in [5.74, 6) is 0. The standard InChI is InChI=1S/C14H28N2O2/c1-15(2)13-4-3-7-16(10-13)11-14(12-17)5-8-18-9-6-14/h13,17H,3-12H2,1-2H3. The third-order valence-electron chi connectivity index (χ3n) is 4.66. The lowest BCUT2D eigenvalue weighted by Crippen LogP contribution is -2.50. The third-order valence-corrected chi connectivity index (χ3v) is 4.66. The van der Waals surface area contributed by atoms with Crippen molar-refractivity contribution in [3.63, 3.8) is 0 Å². The summed E-state index contributed by atoms with van der Waals surface area (Å²) in [4.78, 5) is 4.89. The van der Waals surface area contributed by atoms with E-state index >= 15 is 0 Å². The predicted octanol–water partition coefficient (Wildman–Crippen LogP) is 0.802. The lowest BCUT2D eigenvalue weighted by atomic mass is 9.80. The van der Waals surface area contributed by atoms with Gasteiger partial charge in [-0.25, -0.2) is 0 Å². The zero-order valence-corrected chi connectivity index (χ0v) is 11.9. The van der Waals surface area contributed by atoms with Crippen molar-refractivity contribution in [3.05, 3.63) is 0 Å². The molecule has 0 radical (unpaired) electrons. The van der Waals surface area contributed by atoms with Crippen LogP contribution in [-0.2, 0) is 4.74 Å². The molecule has 0 aliphatic carbocycles. The average molecular weight is 256 g/mol. The molecule has 2 rings (SSSR count). The van der Waals surface area contributed by atoms with Crippen LogP contribution >= 0.6 is 0 Å². The Morgan fingerprint density at radius 1 is 1.33 bits per heavy atom. The van der Waals surface area contributed by atoms with Gasteiger partial charge in [0.2, 0.25) is 0 Å². The van der Waals surface area contributed by atoms with Crippen LogP contribution < -0.4 is 0 Å². The zero-order chi connectivity index (χ0) is 13.0. The maximum absolute atomic E-state index is 9.75. The Morgan fingerprint density at radius 2 is 2.06 bits per heavy atom. The fourth-order valence-corrected chi connectivity index (χ4v) is 3.24. The second kappa shape index (κ2) is 6.33. The molecule has 0 aromatic rings. The molecule has 1 atom stereocenters. The highest BCUT2D eigenvalue weighted by atomic mass is 16.5. The molecule has 2 saturated heterocycles. The fraction of sp³-hybridized carbons (Fsp3) is 1.00. The number of likely N-dealkylation sites (N-methyl/N-ethyl adjacent to an activating group) is 1. The lowest BCUT2D eigenvalue weighted by molar-refractivity contribution is -0.0407. The van der Waals surface area contributed by atoms with E-state index in [2.05, 4.69) is 23.9 Å². The summed E-state index contributed by atoms with van der Waals surface area (Å²) in [6, 6.07) is 0.675. The molecule has 2 aliphatic heterocycles. The first-order chi connectivity index (χ1) is 8.65. The molecule has 1 N–H and O–H groups in total. The van der Waals surface area contributed by atoms with Crippen molar-refractivity contribution in [1.82, 2.24) is 9.80 Å². The smallest absolute Gasteiger partial charge is 0.0501 e. The van der Waals surface area contributed by atoms with Crippen LogP contribution in [0.2, 0.25) is 0 Å². The van der Waals surface area contributed by atoms with Gasteiger partial charge in [-0.15, -0.1) is 0 Å². The van der Waals surface area contributed by atoms with Crippen molar-refractivity contribution in [2.45, 2.75) is 31.7 Å². The Balaban J connectivity index is 1.90. The maximum atomic E-state index is 9.75. The minimum atomic E-state index is 0.0897. The van der Waals surface area contributed by atoms with E-state index in [0.29, 0.717) is 12.6 Å². The highest BCUT2D eigenvalue weighted by Crippen LogP contribution is 2.32. The second-order valence-electron chi connectivity index (χ2n) is 6.27. The van der Waals surface area contributed by atoms with Crippen LogP contribution in [0.1, 0.15) is 25.7 Å². The summed E-state index contributed by atoms with van der Waals surface area (Å²) >= 11 is 0. The predicted molar refractivity (Wildman–Crippen MR) is 72.7 cm³/mol. The molecule has 0 aromatic heterocycles. The number of hydrogen-bond donors (Lipinski definition) is 1. The molecule has 18 heavy (non-hydrogen) atoms. The monoisotopic (exact) mass is 256 g/mol. The summed E-state index contributed by atoms with van der Waals surface area (Å²) in [7, 11) is 4.34. The van der Waals surface area contributed by atoms with E-state index in [0.717, 1.165) is 39.1 Å². The lowest BCUT2D eigenvalue weighted by Gasteiger charge is -2.43. The van der Waals surface area contributed by atoms with Gasteiger partial charge in [0.15, 0.2) is 0 Å². The first kappa shape index (κ1) is 14.3. The van der Waals surface area contributed by atoms with Gasteiger partial charge >= 0.3 is 0 Å². The van der Waals surface area contributed by atoms with E-state index < -0.39 is 0 Å². The van der Waals surface area contributed by atoms with Gasteiger partial charge < -0.3 is 19.6 Å². The largest absolute Gasteiger partial charge is 0.396 e. The highest BCUT2D eigenvalue weighted by molar-refractivity contribution is 4.87. The number of nitrogens with zero attached hydrogens (tertiary/aromatic N) is 2. The maximum Gasteiger partial charge on any atom is 0.0501 e. The van der Waals surface area contributed by atoms with Crippen LogP contribution in [0.15, 0.2) is 0 Å². The zero-order valence-electron chi connectivity index (χ0n) is 11.9. The number of aliphatic hydroxyl groups excluding tert-OH is 1. The topological polar surface area (TPSA) is 35.9 Å². The van der Waals surface area contributed by atoms with E-state index in [1.807, 2.05) is 0 Å². The van der Waals surface area contributed by atoms with Gasteiger partial charge in [0, 0.05) is 37.8 Å². The molecule has 0 bridgehead atoms. The summed E-state index contributed by atoms with van der Waals surface area (Å²) in [5.41, 5.74) is 0.0897. The normalized spacial score (nSPS) is 29.7. The molecular weight excluding hydrogens is 228 g/mol. The molecule has 2 heterocycles. The van der Waals surface area contributed by atoms with Crippen molar-refractivity contribution in [1.29, 1.82) is 0 Å². The quantitative estimate of drug-likeness (QED) is 0.807. The number of likely N-dealkylation sites (tertiary alicyclic amines) is 1. The van der Waals surface area contributed by atoms with Gasteiger partial charge in [0.1, 0.15) is 0 Å². The number of aliphatic hydroxyl groups is 1. The number of piperidine rings is 1. The van der Waals surface area contributed by atoms with Crippen LogP contribution in [0.4, 0.5) is 0 Å².